The number of aromatic nitrogens is 1. The van der Waals surface area contributed by atoms with Crippen molar-refractivity contribution in [2.45, 2.75) is 46.0 Å². The zero-order chi connectivity index (χ0) is 15.6. The predicted octanol–water partition coefficient (Wildman–Crippen LogP) is 3.40. The highest BCUT2D eigenvalue weighted by Crippen LogP contribution is 2.13. The molecule has 108 valence electrons. The van der Waals surface area contributed by atoms with Gasteiger partial charge in [0.1, 0.15) is 19.4 Å². The van der Waals surface area contributed by atoms with Gasteiger partial charge in [-0.3, -0.25) is 0 Å². The lowest BCUT2D eigenvalue weighted by molar-refractivity contribution is 0.00574. The molecule has 0 atom stereocenters. The second kappa shape index (κ2) is 5.76. The number of esters is 1. The number of nitrogens with zero attached hydrogens (tertiary/aromatic N) is 1. The summed E-state index contributed by atoms with van der Waals surface area (Å²) in [4.78, 5) is 15.8. The highest BCUT2D eigenvalue weighted by atomic mass is 28.3. The van der Waals surface area contributed by atoms with Gasteiger partial charge < -0.3 is 4.74 Å². The average molecular weight is 293 g/mol. The highest BCUT2D eigenvalue weighted by molar-refractivity contribution is 6.83. The largest absolute Gasteiger partial charge is 0.455 e. The maximum atomic E-state index is 13.7. The van der Waals surface area contributed by atoms with Gasteiger partial charge in [0.25, 0.3) is 0 Å². The summed E-state index contributed by atoms with van der Waals surface area (Å²) in [5.74, 6) is 1.43. The lowest BCUT2D eigenvalue weighted by Gasteiger charge is -2.19. The van der Waals surface area contributed by atoms with Gasteiger partial charge in [0.2, 0.25) is 0 Å². The Hall–Kier alpha value is -1.67. The second-order valence-electron chi connectivity index (χ2n) is 6.53. The second-order valence-corrected chi connectivity index (χ2v) is 11.3. The number of pyridine rings is 1. The molecule has 0 amide bonds. The summed E-state index contributed by atoms with van der Waals surface area (Å²) in [6.45, 7) is 11.4. The summed E-state index contributed by atoms with van der Waals surface area (Å²) in [6.07, 6.45) is 0. The van der Waals surface area contributed by atoms with E-state index in [-0.39, 0.29) is 5.69 Å². The van der Waals surface area contributed by atoms with E-state index in [0.717, 1.165) is 0 Å². The van der Waals surface area contributed by atoms with E-state index in [1.165, 1.54) is 12.1 Å². The molecule has 0 fully saturated rings. The summed E-state index contributed by atoms with van der Waals surface area (Å²) in [7, 11) is -1.55. The standard InChI is InChI=1S/C15H20FNO2Si/c1-15(2,3)19-14(18)13-12(16)8-7-11(17-13)9-10-20(4,5)6/h7-8H,1-6H3. The predicted molar refractivity (Wildman–Crippen MR) is 79.6 cm³/mol. The molecular weight excluding hydrogens is 273 g/mol. The van der Waals surface area contributed by atoms with Crippen molar-refractivity contribution >= 4 is 14.0 Å². The van der Waals surface area contributed by atoms with Crippen LogP contribution in [0.2, 0.25) is 19.6 Å². The third kappa shape index (κ3) is 5.53. The number of carbonyl (C=O) groups excluding carboxylic acids is 1. The number of hydrogen-bond donors (Lipinski definition) is 0. The molecule has 1 heterocycles. The number of ether oxygens (including phenoxy) is 1. The van der Waals surface area contributed by atoms with Crippen LogP contribution in [0.4, 0.5) is 4.39 Å². The molecule has 0 aliphatic carbocycles. The number of rotatable bonds is 1. The molecular formula is C15H20FNO2Si. The maximum Gasteiger partial charge on any atom is 0.360 e. The molecule has 3 nitrogen and oxygen atoms in total. The molecule has 0 unspecified atom stereocenters. The van der Waals surface area contributed by atoms with Crippen LogP contribution in [0.3, 0.4) is 0 Å². The Bertz CT molecular complexity index is 574. The molecule has 0 aromatic carbocycles. The van der Waals surface area contributed by atoms with Gasteiger partial charge in [-0.05, 0) is 32.9 Å². The molecule has 0 aliphatic rings. The molecule has 0 N–H and O–H groups in total. The van der Waals surface area contributed by atoms with Gasteiger partial charge >= 0.3 is 5.97 Å². The topological polar surface area (TPSA) is 39.2 Å². The molecule has 0 bridgehead atoms. The van der Waals surface area contributed by atoms with E-state index in [1.807, 2.05) is 0 Å². The Labute approximate surface area is 120 Å². The number of hydrogen-bond acceptors (Lipinski definition) is 3. The Morgan fingerprint density at radius 1 is 1.30 bits per heavy atom. The molecule has 0 saturated heterocycles. The summed E-state index contributed by atoms with van der Waals surface area (Å²) in [6, 6.07) is 2.66. The van der Waals surface area contributed by atoms with Gasteiger partial charge in [-0.1, -0.05) is 25.6 Å². The number of carbonyl (C=O) groups is 1. The van der Waals surface area contributed by atoms with Crippen molar-refractivity contribution in [3.63, 3.8) is 0 Å². The zero-order valence-corrected chi connectivity index (χ0v) is 13.8. The van der Waals surface area contributed by atoms with Crippen molar-refractivity contribution in [1.29, 1.82) is 0 Å². The van der Waals surface area contributed by atoms with Crippen molar-refractivity contribution in [3.05, 3.63) is 29.3 Å². The minimum Gasteiger partial charge on any atom is -0.455 e. The lowest BCUT2D eigenvalue weighted by atomic mass is 10.2. The minimum atomic E-state index is -1.55. The SMILES string of the molecule is CC(C)(C)OC(=O)c1nc(C#C[Si](C)(C)C)ccc1F. The van der Waals surface area contributed by atoms with Gasteiger partial charge in [-0.2, -0.15) is 0 Å². The summed E-state index contributed by atoms with van der Waals surface area (Å²) >= 11 is 0. The van der Waals surface area contributed by atoms with Crippen LogP contribution in [-0.2, 0) is 4.74 Å². The summed E-state index contributed by atoms with van der Waals surface area (Å²) in [5, 5.41) is 0. The molecule has 1 aromatic heterocycles. The molecule has 0 aliphatic heterocycles. The van der Waals surface area contributed by atoms with Crippen molar-refractivity contribution in [2.24, 2.45) is 0 Å². The van der Waals surface area contributed by atoms with Crippen LogP contribution in [-0.4, -0.2) is 24.6 Å². The van der Waals surface area contributed by atoms with E-state index in [1.54, 1.807) is 20.8 Å². The molecule has 0 saturated carbocycles. The first-order valence-corrected chi connectivity index (χ1v) is 9.91. The third-order valence-corrected chi connectivity index (χ3v) is 2.88. The molecule has 0 spiro atoms. The van der Waals surface area contributed by atoms with Crippen LogP contribution >= 0.6 is 0 Å². The summed E-state index contributed by atoms with van der Waals surface area (Å²) < 4.78 is 18.8. The first-order valence-electron chi connectivity index (χ1n) is 6.41. The van der Waals surface area contributed by atoms with Gasteiger partial charge in [-0.15, -0.1) is 5.54 Å². The molecule has 1 aromatic rings. The van der Waals surface area contributed by atoms with Crippen LogP contribution in [0.5, 0.6) is 0 Å². The van der Waals surface area contributed by atoms with E-state index >= 15 is 0 Å². The van der Waals surface area contributed by atoms with Crippen molar-refractivity contribution in [1.82, 2.24) is 4.98 Å². The first kappa shape index (κ1) is 16.4. The normalized spacial score (nSPS) is 11.6. The molecule has 20 heavy (non-hydrogen) atoms. The smallest absolute Gasteiger partial charge is 0.360 e. The Kier molecular flexibility index (Phi) is 4.71. The van der Waals surface area contributed by atoms with Crippen LogP contribution in [0.1, 0.15) is 37.0 Å². The fourth-order valence-electron chi connectivity index (χ4n) is 1.23. The van der Waals surface area contributed by atoms with E-state index in [0.29, 0.717) is 5.69 Å². The fraction of sp³-hybridized carbons (Fsp3) is 0.467. The molecule has 0 radical (unpaired) electrons. The Balaban J connectivity index is 3.09. The highest BCUT2D eigenvalue weighted by Gasteiger charge is 2.22. The van der Waals surface area contributed by atoms with Crippen molar-refractivity contribution in [3.8, 4) is 11.5 Å². The van der Waals surface area contributed by atoms with E-state index < -0.39 is 25.5 Å². The van der Waals surface area contributed by atoms with Gasteiger partial charge in [0, 0.05) is 0 Å². The first-order chi connectivity index (χ1) is 8.98. The van der Waals surface area contributed by atoms with Gasteiger partial charge in [0.05, 0.1) is 0 Å². The zero-order valence-electron chi connectivity index (χ0n) is 12.8. The molecule has 1 rings (SSSR count). The van der Waals surface area contributed by atoms with E-state index in [2.05, 4.69) is 36.1 Å². The Morgan fingerprint density at radius 2 is 1.90 bits per heavy atom. The third-order valence-electron chi connectivity index (χ3n) is 2.00. The van der Waals surface area contributed by atoms with Crippen LogP contribution in [0.25, 0.3) is 0 Å². The van der Waals surface area contributed by atoms with Gasteiger partial charge in [0.15, 0.2) is 11.5 Å². The van der Waals surface area contributed by atoms with Gasteiger partial charge in [-0.25, -0.2) is 14.2 Å². The number of halogens is 1. The quantitative estimate of drug-likeness (QED) is 0.452. The van der Waals surface area contributed by atoms with E-state index in [9.17, 15) is 9.18 Å². The van der Waals surface area contributed by atoms with Crippen LogP contribution in [0.15, 0.2) is 12.1 Å². The fourth-order valence-corrected chi connectivity index (χ4v) is 1.74. The average Bonchev–Trinajstić information content (AvgIpc) is 2.24. The van der Waals surface area contributed by atoms with Crippen molar-refractivity contribution < 1.29 is 13.9 Å². The monoisotopic (exact) mass is 293 g/mol. The van der Waals surface area contributed by atoms with Crippen LogP contribution in [0, 0.1) is 17.3 Å². The van der Waals surface area contributed by atoms with Crippen LogP contribution < -0.4 is 0 Å². The summed E-state index contributed by atoms with van der Waals surface area (Å²) in [5.41, 5.74) is 2.50. The minimum absolute atomic E-state index is 0.317. The Morgan fingerprint density at radius 3 is 2.40 bits per heavy atom. The maximum absolute atomic E-state index is 13.7. The lowest BCUT2D eigenvalue weighted by Crippen LogP contribution is -2.25. The molecule has 5 heteroatoms. The van der Waals surface area contributed by atoms with Crippen molar-refractivity contribution in [2.75, 3.05) is 0 Å². The van der Waals surface area contributed by atoms with E-state index in [4.69, 9.17) is 4.74 Å².